The number of nitrogens with zero attached hydrogens (tertiary/aromatic N) is 3. The van der Waals surface area contributed by atoms with E-state index in [0.717, 1.165) is 25.0 Å². The lowest BCUT2D eigenvalue weighted by Gasteiger charge is -2.33. The fourth-order valence-electron chi connectivity index (χ4n) is 1.60. The number of aryl methyl sites for hydroxylation is 1. The molecule has 1 aliphatic rings. The van der Waals surface area contributed by atoms with Crippen LogP contribution in [0.5, 0.6) is 0 Å². The van der Waals surface area contributed by atoms with Crippen LogP contribution in [0.15, 0.2) is 12.3 Å². The Hall–Kier alpha value is -1.43. The fourth-order valence-corrected chi connectivity index (χ4v) is 1.60. The maximum absolute atomic E-state index is 9.05. The van der Waals surface area contributed by atoms with Crippen LogP contribution in [-0.2, 0) is 5.41 Å². The highest BCUT2D eigenvalue weighted by Gasteiger charge is 2.41. The summed E-state index contributed by atoms with van der Waals surface area (Å²) in [5, 5.41) is 9.05. The molecule has 13 heavy (non-hydrogen) atoms. The number of hydrogen-bond donors (Lipinski definition) is 0. The van der Waals surface area contributed by atoms with Gasteiger partial charge in [-0.1, -0.05) is 0 Å². The van der Waals surface area contributed by atoms with Crippen molar-refractivity contribution in [3.63, 3.8) is 0 Å². The van der Waals surface area contributed by atoms with Crippen LogP contribution in [0.1, 0.15) is 30.8 Å². The zero-order valence-corrected chi connectivity index (χ0v) is 7.62. The third kappa shape index (κ3) is 1.19. The van der Waals surface area contributed by atoms with Gasteiger partial charge in [-0.15, -0.1) is 0 Å². The minimum atomic E-state index is -0.369. The third-order valence-corrected chi connectivity index (χ3v) is 2.64. The van der Waals surface area contributed by atoms with Gasteiger partial charge in [-0.05, 0) is 32.3 Å². The fraction of sp³-hybridized carbons (Fsp3) is 0.500. The molecule has 1 aromatic rings. The van der Waals surface area contributed by atoms with E-state index in [4.69, 9.17) is 5.26 Å². The molecule has 0 unspecified atom stereocenters. The molecule has 1 fully saturated rings. The summed E-state index contributed by atoms with van der Waals surface area (Å²) in [6, 6.07) is 4.19. The summed E-state index contributed by atoms with van der Waals surface area (Å²) in [6.45, 7) is 1.93. The molecule has 1 saturated carbocycles. The quantitative estimate of drug-likeness (QED) is 0.649. The first-order chi connectivity index (χ1) is 6.27. The number of nitriles is 1. The molecule has 0 aliphatic heterocycles. The standard InChI is InChI=1S/C10H11N3/c1-8-3-6-12-9(13-8)10(7-11)4-2-5-10/h3,6H,2,4-5H2,1H3. The van der Waals surface area contributed by atoms with E-state index in [2.05, 4.69) is 16.0 Å². The lowest BCUT2D eigenvalue weighted by atomic mass is 9.69. The predicted octanol–water partition coefficient (Wildman–Crippen LogP) is 1.73. The van der Waals surface area contributed by atoms with Crippen molar-refractivity contribution in [2.45, 2.75) is 31.6 Å². The molecule has 0 spiro atoms. The second-order valence-electron chi connectivity index (χ2n) is 3.57. The van der Waals surface area contributed by atoms with Crippen LogP contribution in [0.2, 0.25) is 0 Å². The average molecular weight is 173 g/mol. The van der Waals surface area contributed by atoms with Gasteiger partial charge in [-0.3, -0.25) is 0 Å². The van der Waals surface area contributed by atoms with Gasteiger partial charge in [0.2, 0.25) is 0 Å². The summed E-state index contributed by atoms with van der Waals surface area (Å²) in [5.41, 5.74) is 0.568. The molecule has 0 amide bonds. The second-order valence-corrected chi connectivity index (χ2v) is 3.57. The van der Waals surface area contributed by atoms with Gasteiger partial charge in [0.05, 0.1) is 6.07 Å². The maximum atomic E-state index is 9.05. The van der Waals surface area contributed by atoms with E-state index in [-0.39, 0.29) is 5.41 Å². The van der Waals surface area contributed by atoms with Gasteiger partial charge >= 0.3 is 0 Å². The first-order valence-electron chi connectivity index (χ1n) is 4.48. The summed E-state index contributed by atoms with van der Waals surface area (Å²) in [7, 11) is 0. The summed E-state index contributed by atoms with van der Waals surface area (Å²) in [5.74, 6) is 0.709. The molecular weight excluding hydrogens is 162 g/mol. The smallest absolute Gasteiger partial charge is 0.148 e. The topological polar surface area (TPSA) is 49.6 Å². The molecule has 1 aliphatic carbocycles. The lowest BCUT2D eigenvalue weighted by Crippen LogP contribution is -2.34. The van der Waals surface area contributed by atoms with E-state index in [1.165, 1.54) is 0 Å². The van der Waals surface area contributed by atoms with Crippen LogP contribution in [0.4, 0.5) is 0 Å². The van der Waals surface area contributed by atoms with Crippen molar-refractivity contribution in [1.29, 1.82) is 5.26 Å². The Balaban J connectivity index is 2.40. The van der Waals surface area contributed by atoms with E-state index in [1.54, 1.807) is 6.20 Å². The molecule has 0 aromatic carbocycles. The second kappa shape index (κ2) is 2.81. The Bertz CT molecular complexity index is 361. The zero-order valence-electron chi connectivity index (χ0n) is 7.62. The maximum Gasteiger partial charge on any atom is 0.148 e. The van der Waals surface area contributed by atoms with Crippen molar-refractivity contribution in [2.24, 2.45) is 0 Å². The largest absolute Gasteiger partial charge is 0.240 e. The van der Waals surface area contributed by atoms with E-state index in [1.807, 2.05) is 13.0 Å². The molecular formula is C10H11N3. The van der Waals surface area contributed by atoms with E-state index in [9.17, 15) is 0 Å². The van der Waals surface area contributed by atoms with Gasteiger partial charge in [-0.25, -0.2) is 9.97 Å². The first kappa shape index (κ1) is 8.18. The van der Waals surface area contributed by atoms with Crippen molar-refractivity contribution in [3.8, 4) is 6.07 Å². The van der Waals surface area contributed by atoms with E-state index in [0.29, 0.717) is 5.82 Å². The molecule has 2 rings (SSSR count). The highest BCUT2D eigenvalue weighted by Crippen LogP contribution is 2.41. The monoisotopic (exact) mass is 173 g/mol. The molecule has 1 aromatic heterocycles. The summed E-state index contributed by atoms with van der Waals surface area (Å²) in [6.07, 6.45) is 4.67. The van der Waals surface area contributed by atoms with Gasteiger partial charge in [-0.2, -0.15) is 5.26 Å². The minimum absolute atomic E-state index is 0.369. The zero-order chi connectivity index (χ0) is 9.31. The van der Waals surface area contributed by atoms with Crippen LogP contribution < -0.4 is 0 Å². The first-order valence-corrected chi connectivity index (χ1v) is 4.48. The molecule has 3 heteroatoms. The average Bonchev–Trinajstić information content (AvgIpc) is 2.03. The molecule has 1 heterocycles. The van der Waals surface area contributed by atoms with Crippen molar-refractivity contribution >= 4 is 0 Å². The van der Waals surface area contributed by atoms with Crippen molar-refractivity contribution in [1.82, 2.24) is 9.97 Å². The Morgan fingerprint density at radius 1 is 1.54 bits per heavy atom. The molecule has 0 atom stereocenters. The predicted molar refractivity (Wildman–Crippen MR) is 47.9 cm³/mol. The Morgan fingerprint density at radius 2 is 2.31 bits per heavy atom. The SMILES string of the molecule is Cc1ccnc(C2(C#N)CCC2)n1. The normalized spacial score (nSPS) is 18.8. The van der Waals surface area contributed by atoms with Gasteiger partial charge in [0, 0.05) is 11.9 Å². The highest BCUT2D eigenvalue weighted by molar-refractivity contribution is 5.25. The molecule has 66 valence electrons. The van der Waals surface area contributed by atoms with Gasteiger partial charge in [0.1, 0.15) is 11.2 Å². The van der Waals surface area contributed by atoms with Crippen LogP contribution in [0, 0.1) is 18.3 Å². The van der Waals surface area contributed by atoms with Crippen LogP contribution in [0.25, 0.3) is 0 Å². The van der Waals surface area contributed by atoms with Crippen LogP contribution >= 0.6 is 0 Å². The Labute approximate surface area is 77.4 Å². The number of aromatic nitrogens is 2. The van der Waals surface area contributed by atoms with E-state index >= 15 is 0 Å². The highest BCUT2D eigenvalue weighted by atomic mass is 14.9. The van der Waals surface area contributed by atoms with Crippen molar-refractivity contribution in [2.75, 3.05) is 0 Å². The van der Waals surface area contributed by atoms with Gasteiger partial charge in [0.25, 0.3) is 0 Å². The molecule has 3 nitrogen and oxygen atoms in total. The van der Waals surface area contributed by atoms with Crippen molar-refractivity contribution in [3.05, 3.63) is 23.8 Å². The van der Waals surface area contributed by atoms with E-state index < -0.39 is 0 Å². The number of rotatable bonds is 1. The number of hydrogen-bond acceptors (Lipinski definition) is 3. The van der Waals surface area contributed by atoms with Crippen LogP contribution in [0.3, 0.4) is 0 Å². The lowest BCUT2D eigenvalue weighted by molar-refractivity contribution is 0.306. The summed E-state index contributed by atoms with van der Waals surface area (Å²) in [4.78, 5) is 8.48. The summed E-state index contributed by atoms with van der Waals surface area (Å²) >= 11 is 0. The summed E-state index contributed by atoms with van der Waals surface area (Å²) < 4.78 is 0. The van der Waals surface area contributed by atoms with Crippen LogP contribution in [-0.4, -0.2) is 9.97 Å². The minimum Gasteiger partial charge on any atom is -0.240 e. The molecule has 0 radical (unpaired) electrons. The van der Waals surface area contributed by atoms with Gasteiger partial charge < -0.3 is 0 Å². The molecule has 0 N–H and O–H groups in total. The Kier molecular flexibility index (Phi) is 1.77. The molecule has 0 bridgehead atoms. The van der Waals surface area contributed by atoms with Crippen molar-refractivity contribution < 1.29 is 0 Å². The third-order valence-electron chi connectivity index (χ3n) is 2.64. The Morgan fingerprint density at radius 3 is 2.77 bits per heavy atom. The van der Waals surface area contributed by atoms with Gasteiger partial charge in [0.15, 0.2) is 0 Å². The molecule has 0 saturated heterocycles.